The number of carbonyl (C=O) groups is 1. The van der Waals surface area contributed by atoms with E-state index in [0.717, 1.165) is 12.3 Å². The molecular weight excluding hydrogens is 248 g/mol. The molecule has 7 nitrogen and oxygen atoms in total. The highest BCUT2D eigenvalue weighted by atomic mass is 32.2. The monoisotopic (exact) mass is 260 g/mol. The Balaban J connectivity index is 2.40. The number of nitrogens with one attached hydrogen (secondary N) is 1. The topological polar surface area (TPSA) is 119 Å². The summed E-state index contributed by atoms with van der Waals surface area (Å²) in [7, 11) is -3.50. The molecule has 0 aromatic carbocycles. The summed E-state index contributed by atoms with van der Waals surface area (Å²) in [4.78, 5) is 22.1. The van der Waals surface area contributed by atoms with Crippen molar-refractivity contribution in [1.82, 2.24) is 5.32 Å². The Morgan fingerprint density at radius 3 is 2.65 bits per heavy atom. The number of hydrogen-bond donors (Lipinski definition) is 2. The molecule has 0 radical (unpaired) electrons. The van der Waals surface area contributed by atoms with Crippen LogP contribution in [0.3, 0.4) is 0 Å². The Labute approximate surface area is 97.7 Å². The fourth-order valence-corrected chi connectivity index (χ4v) is 1.61. The first kappa shape index (κ1) is 13.4. The van der Waals surface area contributed by atoms with Gasteiger partial charge < -0.3 is 9.73 Å². The van der Waals surface area contributed by atoms with E-state index in [0.29, 0.717) is 0 Å². The zero-order valence-electron chi connectivity index (χ0n) is 8.88. The van der Waals surface area contributed by atoms with Gasteiger partial charge in [-0.25, -0.2) is 18.4 Å². The van der Waals surface area contributed by atoms with E-state index in [9.17, 15) is 18.0 Å². The number of rotatable bonds is 5. The molecular formula is C9H12N2O5S. The zero-order valence-corrected chi connectivity index (χ0v) is 9.70. The van der Waals surface area contributed by atoms with Crippen LogP contribution in [0, 0.1) is 0 Å². The van der Waals surface area contributed by atoms with E-state index in [4.69, 9.17) is 5.14 Å². The number of primary sulfonamides is 1. The Morgan fingerprint density at radius 2 is 2.12 bits per heavy atom. The van der Waals surface area contributed by atoms with Crippen molar-refractivity contribution < 1.29 is 17.6 Å². The van der Waals surface area contributed by atoms with Crippen molar-refractivity contribution in [2.75, 3.05) is 12.3 Å². The van der Waals surface area contributed by atoms with Crippen molar-refractivity contribution in [2.24, 2.45) is 5.14 Å². The fraction of sp³-hybridized carbons (Fsp3) is 0.333. The molecule has 1 amide bonds. The Morgan fingerprint density at radius 1 is 1.41 bits per heavy atom. The molecule has 0 saturated carbocycles. The second-order valence-electron chi connectivity index (χ2n) is 3.32. The number of sulfonamides is 1. The molecule has 0 unspecified atom stereocenters. The van der Waals surface area contributed by atoms with Crippen LogP contribution in [0.5, 0.6) is 0 Å². The van der Waals surface area contributed by atoms with E-state index >= 15 is 0 Å². The molecule has 1 aromatic rings. The fourth-order valence-electron chi connectivity index (χ4n) is 1.06. The van der Waals surface area contributed by atoms with Crippen molar-refractivity contribution >= 4 is 15.9 Å². The smallest absolute Gasteiger partial charge is 0.335 e. The normalized spacial score (nSPS) is 11.1. The number of nitrogens with two attached hydrogens (primary N) is 1. The van der Waals surface area contributed by atoms with Crippen LogP contribution < -0.4 is 16.1 Å². The largest absolute Gasteiger partial charge is 0.430 e. The summed E-state index contributed by atoms with van der Waals surface area (Å²) in [5, 5.41) is 7.26. The van der Waals surface area contributed by atoms with Gasteiger partial charge in [-0.05, 0) is 12.5 Å². The second kappa shape index (κ2) is 5.60. The molecule has 8 heteroatoms. The molecule has 1 aromatic heterocycles. The first-order valence-electron chi connectivity index (χ1n) is 4.76. The molecule has 0 spiro atoms. The first-order valence-corrected chi connectivity index (χ1v) is 6.47. The molecule has 0 atom stereocenters. The number of hydrogen-bond acceptors (Lipinski definition) is 5. The molecule has 0 fully saturated rings. The summed E-state index contributed by atoms with van der Waals surface area (Å²) in [5.74, 6) is -0.639. The molecule has 94 valence electrons. The van der Waals surface area contributed by atoms with Gasteiger partial charge in [0.1, 0.15) is 6.26 Å². The maximum Gasteiger partial charge on any atom is 0.335 e. The molecule has 0 aliphatic heterocycles. The minimum atomic E-state index is -3.50. The van der Waals surface area contributed by atoms with Gasteiger partial charge in [0, 0.05) is 12.6 Å². The Hall–Kier alpha value is -1.67. The van der Waals surface area contributed by atoms with Crippen LogP contribution in [0.25, 0.3) is 0 Å². The van der Waals surface area contributed by atoms with Crippen LogP contribution in [0.2, 0.25) is 0 Å². The van der Waals surface area contributed by atoms with Gasteiger partial charge in [0.25, 0.3) is 5.91 Å². The SMILES string of the molecule is NS(=O)(=O)CCCNC(=O)c1ccc(=O)oc1. The van der Waals surface area contributed by atoms with E-state index < -0.39 is 21.6 Å². The van der Waals surface area contributed by atoms with Crippen molar-refractivity contribution in [3.63, 3.8) is 0 Å². The van der Waals surface area contributed by atoms with Crippen molar-refractivity contribution in [3.8, 4) is 0 Å². The highest BCUT2D eigenvalue weighted by Gasteiger charge is 2.07. The molecule has 3 N–H and O–H groups in total. The Kier molecular flexibility index (Phi) is 4.41. The van der Waals surface area contributed by atoms with Crippen LogP contribution in [0.4, 0.5) is 0 Å². The predicted molar refractivity (Wildman–Crippen MR) is 59.9 cm³/mol. The number of amides is 1. The van der Waals surface area contributed by atoms with Crippen molar-refractivity contribution in [3.05, 3.63) is 34.4 Å². The van der Waals surface area contributed by atoms with Gasteiger partial charge in [-0.3, -0.25) is 4.79 Å². The Bertz CT molecular complexity index is 528. The van der Waals surface area contributed by atoms with Gasteiger partial charge in [0.05, 0.1) is 11.3 Å². The van der Waals surface area contributed by atoms with E-state index in [1.165, 1.54) is 6.07 Å². The van der Waals surface area contributed by atoms with Gasteiger partial charge in [0.15, 0.2) is 0 Å². The van der Waals surface area contributed by atoms with E-state index in [-0.39, 0.29) is 24.3 Å². The summed E-state index contributed by atoms with van der Waals surface area (Å²) >= 11 is 0. The van der Waals surface area contributed by atoms with Gasteiger partial charge in [-0.2, -0.15) is 0 Å². The lowest BCUT2D eigenvalue weighted by atomic mass is 10.3. The molecule has 0 aliphatic carbocycles. The predicted octanol–water partition coefficient (Wildman–Crippen LogP) is -0.952. The summed E-state index contributed by atoms with van der Waals surface area (Å²) in [6.07, 6.45) is 1.26. The van der Waals surface area contributed by atoms with Gasteiger partial charge in [-0.15, -0.1) is 0 Å². The standard InChI is InChI=1S/C9H12N2O5S/c10-17(14,15)5-1-4-11-9(13)7-2-3-8(12)16-6-7/h2-3,6H,1,4-5H2,(H,11,13)(H2,10,14,15). The summed E-state index contributed by atoms with van der Waals surface area (Å²) < 4.78 is 25.7. The summed E-state index contributed by atoms with van der Waals surface area (Å²) in [5.41, 5.74) is -0.351. The summed E-state index contributed by atoms with van der Waals surface area (Å²) in [6.45, 7) is 0.175. The van der Waals surface area contributed by atoms with E-state index in [1.54, 1.807) is 0 Å². The van der Waals surface area contributed by atoms with Crippen LogP contribution in [-0.4, -0.2) is 26.6 Å². The molecule has 0 aliphatic rings. The third kappa shape index (κ3) is 5.27. The highest BCUT2D eigenvalue weighted by molar-refractivity contribution is 7.89. The van der Waals surface area contributed by atoms with Crippen LogP contribution in [-0.2, 0) is 10.0 Å². The lowest BCUT2D eigenvalue weighted by Crippen LogP contribution is -2.27. The third-order valence-corrected chi connectivity index (χ3v) is 2.71. The zero-order chi connectivity index (χ0) is 12.9. The van der Waals surface area contributed by atoms with E-state index in [1.807, 2.05) is 0 Å². The van der Waals surface area contributed by atoms with Gasteiger partial charge in [0.2, 0.25) is 10.0 Å². The third-order valence-electron chi connectivity index (χ3n) is 1.85. The minimum Gasteiger partial charge on any atom is -0.430 e. The molecule has 0 bridgehead atoms. The van der Waals surface area contributed by atoms with Crippen LogP contribution in [0.1, 0.15) is 16.8 Å². The van der Waals surface area contributed by atoms with E-state index in [2.05, 4.69) is 9.73 Å². The maximum atomic E-state index is 11.4. The highest BCUT2D eigenvalue weighted by Crippen LogP contribution is 1.95. The molecule has 17 heavy (non-hydrogen) atoms. The van der Waals surface area contributed by atoms with Crippen molar-refractivity contribution in [2.45, 2.75) is 6.42 Å². The lowest BCUT2D eigenvalue weighted by molar-refractivity contribution is 0.0951. The van der Waals surface area contributed by atoms with Gasteiger partial charge in [-0.1, -0.05) is 0 Å². The minimum absolute atomic E-state index is 0.175. The van der Waals surface area contributed by atoms with Crippen molar-refractivity contribution in [1.29, 1.82) is 0 Å². The lowest BCUT2D eigenvalue weighted by Gasteiger charge is -2.03. The second-order valence-corrected chi connectivity index (χ2v) is 5.05. The number of carbonyl (C=O) groups excluding carboxylic acids is 1. The summed E-state index contributed by atoms with van der Waals surface area (Å²) in [6, 6.07) is 2.44. The van der Waals surface area contributed by atoms with Gasteiger partial charge >= 0.3 is 5.63 Å². The molecule has 0 saturated heterocycles. The average Bonchev–Trinajstić information content (AvgIpc) is 2.24. The quantitative estimate of drug-likeness (QED) is 0.661. The first-order chi connectivity index (χ1) is 7.88. The maximum absolute atomic E-state index is 11.4. The molecule has 1 heterocycles. The van der Waals surface area contributed by atoms with Crippen LogP contribution >= 0.6 is 0 Å². The average molecular weight is 260 g/mol. The molecule has 1 rings (SSSR count). The van der Waals surface area contributed by atoms with Crippen LogP contribution in [0.15, 0.2) is 27.6 Å².